The lowest BCUT2D eigenvalue weighted by molar-refractivity contribution is -0.117. The zero-order chi connectivity index (χ0) is 7.78. The Labute approximate surface area is 62.2 Å². The molecule has 1 saturated heterocycles. The Bertz CT molecular complexity index is 142. The van der Waals surface area contributed by atoms with Gasteiger partial charge in [0.1, 0.15) is 0 Å². The monoisotopic (exact) mass is 141 g/mol. The molecular weight excluding hydrogens is 126 g/mol. The average molecular weight is 141 g/mol. The first-order valence-electron chi connectivity index (χ1n) is 3.75. The number of carbonyl (C=O) groups excluding carboxylic acids is 1. The molecule has 0 aliphatic carbocycles. The molecule has 58 valence electrons. The van der Waals surface area contributed by atoms with Crippen LogP contribution in [0.25, 0.3) is 0 Å². The molecule has 10 heavy (non-hydrogen) atoms. The summed E-state index contributed by atoms with van der Waals surface area (Å²) in [6, 6.07) is 0. The van der Waals surface area contributed by atoms with Crippen LogP contribution in [0.3, 0.4) is 0 Å². The van der Waals surface area contributed by atoms with Gasteiger partial charge in [0.15, 0.2) is 0 Å². The Morgan fingerprint density at radius 1 is 1.60 bits per heavy atom. The highest BCUT2D eigenvalue weighted by Gasteiger charge is 2.35. The molecular formula is C8H15NO. The number of rotatable bonds is 1. The summed E-state index contributed by atoms with van der Waals surface area (Å²) in [5.41, 5.74) is 0.320. The quantitative estimate of drug-likeness (QED) is 0.501. The first-order valence-corrected chi connectivity index (χ1v) is 3.75. The zero-order valence-corrected chi connectivity index (χ0v) is 6.92. The molecule has 1 amide bonds. The minimum Gasteiger partial charge on any atom is -0.344 e. The van der Waals surface area contributed by atoms with Crippen LogP contribution in [0, 0.1) is 11.3 Å². The minimum absolute atomic E-state index is 0.320. The van der Waals surface area contributed by atoms with E-state index in [1.807, 2.05) is 4.90 Å². The summed E-state index contributed by atoms with van der Waals surface area (Å²) < 4.78 is 0. The number of nitrogens with zero attached hydrogens (tertiary/aromatic N) is 1. The van der Waals surface area contributed by atoms with Crippen molar-refractivity contribution in [3.63, 3.8) is 0 Å². The predicted octanol–water partition coefficient (Wildman–Crippen LogP) is 1.12. The highest BCUT2D eigenvalue weighted by Crippen LogP contribution is 2.33. The van der Waals surface area contributed by atoms with Gasteiger partial charge in [0, 0.05) is 13.1 Å². The Morgan fingerprint density at radius 3 is 2.40 bits per heavy atom. The topological polar surface area (TPSA) is 20.3 Å². The lowest BCUT2D eigenvalue weighted by Gasteiger charge is -2.20. The number of hydrogen-bond acceptors (Lipinski definition) is 1. The van der Waals surface area contributed by atoms with Crippen LogP contribution in [0.1, 0.15) is 20.8 Å². The number of likely N-dealkylation sites (tertiary alicyclic amines) is 1. The Kier molecular flexibility index (Phi) is 1.71. The fourth-order valence-corrected chi connectivity index (χ4v) is 1.42. The maximum absolute atomic E-state index is 10.4. The molecule has 1 aliphatic rings. The Balaban J connectivity index is 2.61. The number of hydrogen-bond donors (Lipinski definition) is 0. The third kappa shape index (κ3) is 1.15. The second-order valence-electron chi connectivity index (χ2n) is 3.92. The van der Waals surface area contributed by atoms with Gasteiger partial charge in [0.05, 0.1) is 0 Å². The van der Waals surface area contributed by atoms with E-state index >= 15 is 0 Å². The van der Waals surface area contributed by atoms with E-state index in [1.165, 1.54) is 0 Å². The van der Waals surface area contributed by atoms with Crippen molar-refractivity contribution in [3.05, 3.63) is 0 Å². The van der Waals surface area contributed by atoms with Gasteiger partial charge in [-0.1, -0.05) is 20.8 Å². The summed E-state index contributed by atoms with van der Waals surface area (Å²) >= 11 is 0. The van der Waals surface area contributed by atoms with Gasteiger partial charge in [-0.05, 0) is 11.3 Å². The smallest absolute Gasteiger partial charge is 0.209 e. The Morgan fingerprint density at radius 2 is 2.20 bits per heavy atom. The Hall–Kier alpha value is -0.530. The van der Waals surface area contributed by atoms with Crippen molar-refractivity contribution in [3.8, 4) is 0 Å². The summed E-state index contributed by atoms with van der Waals surface area (Å²) in [6.07, 6.45) is 0.950. The van der Waals surface area contributed by atoms with E-state index in [4.69, 9.17) is 0 Å². The summed E-state index contributed by atoms with van der Waals surface area (Å²) in [4.78, 5) is 12.2. The molecule has 0 spiro atoms. The van der Waals surface area contributed by atoms with E-state index in [-0.39, 0.29) is 0 Å². The van der Waals surface area contributed by atoms with Crippen molar-refractivity contribution >= 4 is 6.41 Å². The van der Waals surface area contributed by atoms with Gasteiger partial charge in [0.25, 0.3) is 0 Å². The van der Waals surface area contributed by atoms with Crippen LogP contribution in [0.2, 0.25) is 0 Å². The van der Waals surface area contributed by atoms with Gasteiger partial charge >= 0.3 is 0 Å². The molecule has 0 aromatic carbocycles. The van der Waals surface area contributed by atoms with Crippen LogP contribution in [-0.4, -0.2) is 24.4 Å². The first-order chi connectivity index (χ1) is 4.56. The van der Waals surface area contributed by atoms with Crippen LogP contribution in [0.5, 0.6) is 0 Å². The van der Waals surface area contributed by atoms with E-state index in [0.29, 0.717) is 11.3 Å². The zero-order valence-electron chi connectivity index (χ0n) is 6.92. The van der Waals surface area contributed by atoms with E-state index in [2.05, 4.69) is 20.8 Å². The van der Waals surface area contributed by atoms with E-state index in [9.17, 15) is 4.79 Å². The van der Waals surface area contributed by atoms with Gasteiger partial charge in [-0.25, -0.2) is 0 Å². The van der Waals surface area contributed by atoms with Gasteiger partial charge in [-0.2, -0.15) is 0 Å². The molecule has 2 heteroatoms. The van der Waals surface area contributed by atoms with Gasteiger partial charge < -0.3 is 4.90 Å². The third-order valence-electron chi connectivity index (χ3n) is 2.60. The fourth-order valence-electron chi connectivity index (χ4n) is 1.42. The lowest BCUT2D eigenvalue weighted by Crippen LogP contribution is -2.22. The molecule has 1 aliphatic heterocycles. The van der Waals surface area contributed by atoms with E-state index in [1.54, 1.807) is 0 Å². The maximum Gasteiger partial charge on any atom is 0.209 e. The lowest BCUT2D eigenvalue weighted by atomic mass is 9.84. The largest absolute Gasteiger partial charge is 0.344 e. The van der Waals surface area contributed by atoms with Crippen molar-refractivity contribution in [1.29, 1.82) is 0 Å². The number of carbonyl (C=O) groups is 1. The van der Waals surface area contributed by atoms with E-state index in [0.717, 1.165) is 19.5 Å². The van der Waals surface area contributed by atoms with Crippen molar-refractivity contribution in [1.82, 2.24) is 4.90 Å². The van der Waals surface area contributed by atoms with Crippen LogP contribution in [0.15, 0.2) is 0 Å². The molecule has 0 unspecified atom stereocenters. The number of amides is 1. The van der Waals surface area contributed by atoms with Crippen LogP contribution in [0.4, 0.5) is 0 Å². The molecule has 0 aromatic heterocycles. The molecule has 0 bridgehead atoms. The van der Waals surface area contributed by atoms with Gasteiger partial charge in [-0.15, -0.1) is 0 Å². The minimum atomic E-state index is 0.320. The molecule has 0 N–H and O–H groups in total. The highest BCUT2D eigenvalue weighted by molar-refractivity contribution is 5.48. The summed E-state index contributed by atoms with van der Waals surface area (Å²) in [5, 5.41) is 0. The van der Waals surface area contributed by atoms with Crippen molar-refractivity contribution in [2.45, 2.75) is 20.8 Å². The maximum atomic E-state index is 10.4. The molecule has 1 fully saturated rings. The summed E-state index contributed by atoms with van der Waals surface area (Å²) in [7, 11) is 0. The predicted molar refractivity (Wildman–Crippen MR) is 40.6 cm³/mol. The van der Waals surface area contributed by atoms with Crippen molar-refractivity contribution in [2.75, 3.05) is 13.1 Å². The van der Waals surface area contributed by atoms with Crippen LogP contribution < -0.4 is 0 Å². The normalized spacial score (nSPS) is 30.7. The van der Waals surface area contributed by atoms with Crippen molar-refractivity contribution < 1.29 is 4.79 Å². The molecule has 1 rings (SSSR count). The molecule has 0 radical (unpaired) electrons. The standard InChI is InChI=1S/C8H15NO/c1-7-4-9(6-10)5-8(7,2)3/h6-7H,4-5H2,1-3H3/t7-/m1/s1. The van der Waals surface area contributed by atoms with Crippen LogP contribution >= 0.6 is 0 Å². The molecule has 1 heterocycles. The second kappa shape index (κ2) is 2.26. The van der Waals surface area contributed by atoms with Gasteiger partial charge in [-0.3, -0.25) is 4.79 Å². The average Bonchev–Trinajstić information content (AvgIpc) is 2.08. The van der Waals surface area contributed by atoms with E-state index < -0.39 is 0 Å². The fraction of sp³-hybridized carbons (Fsp3) is 0.875. The molecule has 0 saturated carbocycles. The summed E-state index contributed by atoms with van der Waals surface area (Å²) in [6.45, 7) is 8.46. The molecule has 2 nitrogen and oxygen atoms in total. The SMILES string of the molecule is C[C@@H]1CN(C=O)CC1(C)C. The third-order valence-corrected chi connectivity index (χ3v) is 2.60. The van der Waals surface area contributed by atoms with Crippen LogP contribution in [-0.2, 0) is 4.79 Å². The second-order valence-corrected chi connectivity index (χ2v) is 3.92. The highest BCUT2D eigenvalue weighted by atomic mass is 16.1. The summed E-state index contributed by atoms with van der Waals surface area (Å²) in [5.74, 6) is 0.637. The first kappa shape index (κ1) is 7.58. The van der Waals surface area contributed by atoms with Gasteiger partial charge in [0.2, 0.25) is 6.41 Å². The molecule has 0 aromatic rings. The molecule has 1 atom stereocenters. The van der Waals surface area contributed by atoms with Crippen molar-refractivity contribution in [2.24, 2.45) is 11.3 Å².